The molecule has 0 aromatic carbocycles. The molecule has 6 heteroatoms. The summed E-state index contributed by atoms with van der Waals surface area (Å²) in [7, 11) is 0. The van der Waals surface area contributed by atoms with E-state index in [1.54, 1.807) is 20.8 Å². The van der Waals surface area contributed by atoms with Crippen LogP contribution in [0, 0.1) is 5.92 Å². The predicted octanol–water partition coefficient (Wildman–Crippen LogP) is 2.55. The van der Waals surface area contributed by atoms with Crippen LogP contribution in [0.25, 0.3) is 0 Å². The van der Waals surface area contributed by atoms with E-state index in [0.29, 0.717) is 6.42 Å². The summed E-state index contributed by atoms with van der Waals surface area (Å²) in [6.07, 6.45) is 0.371. The molecule has 1 N–H and O–H groups in total. The van der Waals surface area contributed by atoms with Crippen LogP contribution in [0.3, 0.4) is 0 Å². The molecule has 0 aliphatic heterocycles. The third-order valence-corrected chi connectivity index (χ3v) is 3.70. The van der Waals surface area contributed by atoms with Crippen LogP contribution < -0.4 is 0 Å². The molecule has 2 aliphatic rings. The molecule has 0 bridgehead atoms. The average Bonchev–Trinajstić information content (AvgIpc) is 2.82. The molecule has 0 unspecified atom stereocenters. The van der Waals surface area contributed by atoms with Crippen molar-refractivity contribution in [3.63, 3.8) is 0 Å². The zero-order valence-electron chi connectivity index (χ0n) is 10.4. The van der Waals surface area contributed by atoms with Gasteiger partial charge in [0.25, 0.3) is 5.92 Å². The Kier molecular flexibility index (Phi) is 1.89. The first-order valence-corrected chi connectivity index (χ1v) is 5.90. The van der Waals surface area contributed by atoms with E-state index in [-0.39, 0.29) is 22.9 Å². The largest absolute Gasteiger partial charge is 0.476 e. The molecule has 2 aliphatic carbocycles. The molecule has 18 heavy (non-hydrogen) atoms. The number of carbonyl (C=O) groups is 1. The number of halogens is 2. The molecule has 2 atom stereocenters. The second kappa shape index (κ2) is 2.92. The second-order valence-electron chi connectivity index (χ2n) is 6.07. The molecule has 98 valence electrons. The number of carboxylic acids is 1. The highest BCUT2D eigenvalue weighted by atomic mass is 19.3. The van der Waals surface area contributed by atoms with Gasteiger partial charge in [-0.2, -0.15) is 13.9 Å². The van der Waals surface area contributed by atoms with Gasteiger partial charge >= 0.3 is 5.97 Å². The van der Waals surface area contributed by atoms with Gasteiger partial charge in [0, 0.05) is 11.5 Å². The van der Waals surface area contributed by atoms with Crippen LogP contribution in [0.2, 0.25) is 0 Å². The lowest BCUT2D eigenvalue weighted by molar-refractivity contribution is -0.0342. The lowest BCUT2D eigenvalue weighted by Gasteiger charge is -2.25. The monoisotopic (exact) mass is 256 g/mol. The minimum absolute atomic E-state index is 0.186. The standard InChI is InChI=1S/C12H14F2N2O2/c1-11(2,3)16-9-7(8(15-16)10(17)18)5-4-6(5)12(9,13)14/h5-6H,4H2,1-3H3,(H,17,18)/t5-,6+/m0/s1. The first-order valence-electron chi connectivity index (χ1n) is 5.90. The van der Waals surface area contributed by atoms with Gasteiger partial charge < -0.3 is 5.11 Å². The number of carboxylic acid groups (broad SMARTS) is 1. The molecule has 1 fully saturated rings. The van der Waals surface area contributed by atoms with Gasteiger partial charge in [-0.15, -0.1) is 0 Å². The SMILES string of the molecule is CC(C)(C)n1nc(C(=O)O)c2c1C(F)(F)[C@@H]1C[C@H]21. The van der Waals surface area contributed by atoms with Gasteiger partial charge in [0.2, 0.25) is 0 Å². The molecular formula is C12H14F2N2O2. The first-order chi connectivity index (χ1) is 8.15. The van der Waals surface area contributed by atoms with Gasteiger partial charge in [0.1, 0.15) is 5.69 Å². The number of aromatic carboxylic acids is 1. The lowest BCUT2D eigenvalue weighted by atomic mass is 10.1. The topological polar surface area (TPSA) is 55.1 Å². The molecule has 1 saturated carbocycles. The van der Waals surface area contributed by atoms with Crippen molar-refractivity contribution in [1.82, 2.24) is 9.78 Å². The quantitative estimate of drug-likeness (QED) is 0.840. The summed E-state index contributed by atoms with van der Waals surface area (Å²) >= 11 is 0. The molecule has 3 rings (SSSR count). The van der Waals surface area contributed by atoms with Gasteiger partial charge in [-0.05, 0) is 33.1 Å². The van der Waals surface area contributed by atoms with Gasteiger partial charge in [0.15, 0.2) is 5.69 Å². The van der Waals surface area contributed by atoms with E-state index in [4.69, 9.17) is 5.11 Å². The van der Waals surface area contributed by atoms with Gasteiger partial charge in [-0.25, -0.2) is 4.79 Å². The van der Waals surface area contributed by atoms with E-state index in [1.807, 2.05) is 0 Å². The fourth-order valence-corrected chi connectivity index (χ4v) is 2.84. The Labute approximate surface area is 103 Å². The van der Waals surface area contributed by atoms with Gasteiger partial charge in [0.05, 0.1) is 5.54 Å². The van der Waals surface area contributed by atoms with E-state index in [9.17, 15) is 13.6 Å². The van der Waals surface area contributed by atoms with Gasteiger partial charge in [-0.3, -0.25) is 4.68 Å². The summed E-state index contributed by atoms with van der Waals surface area (Å²) in [5, 5.41) is 13.0. The van der Waals surface area contributed by atoms with Crippen molar-refractivity contribution in [2.75, 3.05) is 0 Å². The summed E-state index contributed by atoms with van der Waals surface area (Å²) in [4.78, 5) is 11.2. The molecule has 4 nitrogen and oxygen atoms in total. The zero-order chi connectivity index (χ0) is 13.5. The lowest BCUT2D eigenvalue weighted by Crippen LogP contribution is -2.30. The summed E-state index contributed by atoms with van der Waals surface area (Å²) in [5.74, 6) is -5.22. The number of hydrogen-bond acceptors (Lipinski definition) is 2. The molecule has 1 aromatic rings. The highest BCUT2D eigenvalue weighted by molar-refractivity contribution is 5.88. The van der Waals surface area contributed by atoms with Crippen LogP contribution in [0.4, 0.5) is 8.78 Å². The Bertz CT molecular complexity index is 557. The molecule has 0 spiro atoms. The van der Waals surface area contributed by atoms with Crippen LogP contribution in [0.5, 0.6) is 0 Å². The number of aromatic nitrogens is 2. The highest BCUT2D eigenvalue weighted by Crippen LogP contribution is 2.67. The number of alkyl halides is 2. The van der Waals surface area contributed by atoms with E-state index in [0.717, 1.165) is 0 Å². The van der Waals surface area contributed by atoms with Crippen molar-refractivity contribution >= 4 is 5.97 Å². The molecule has 0 amide bonds. The molecule has 1 heterocycles. The maximum atomic E-state index is 14.2. The Morgan fingerprint density at radius 3 is 2.61 bits per heavy atom. The van der Waals surface area contributed by atoms with Crippen molar-refractivity contribution in [2.24, 2.45) is 5.92 Å². The zero-order valence-corrected chi connectivity index (χ0v) is 10.4. The fourth-order valence-electron chi connectivity index (χ4n) is 2.84. The van der Waals surface area contributed by atoms with Crippen molar-refractivity contribution in [3.05, 3.63) is 17.0 Å². The number of hydrogen-bond donors (Lipinski definition) is 1. The smallest absolute Gasteiger partial charge is 0.356 e. The fraction of sp³-hybridized carbons (Fsp3) is 0.667. The van der Waals surface area contributed by atoms with Crippen LogP contribution >= 0.6 is 0 Å². The number of fused-ring (bicyclic) bond motifs is 3. The minimum atomic E-state index is -2.95. The Balaban J connectivity index is 2.29. The van der Waals surface area contributed by atoms with Crippen molar-refractivity contribution in [3.8, 4) is 0 Å². The number of rotatable bonds is 1. The van der Waals surface area contributed by atoms with E-state index >= 15 is 0 Å². The highest BCUT2D eigenvalue weighted by Gasteiger charge is 2.67. The maximum Gasteiger partial charge on any atom is 0.356 e. The van der Waals surface area contributed by atoms with Crippen molar-refractivity contribution in [2.45, 2.75) is 44.6 Å². The summed E-state index contributed by atoms with van der Waals surface area (Å²) in [6.45, 7) is 5.23. The molecule has 1 aromatic heterocycles. The third kappa shape index (κ3) is 1.23. The van der Waals surface area contributed by atoms with Crippen molar-refractivity contribution < 1.29 is 18.7 Å². The van der Waals surface area contributed by atoms with Gasteiger partial charge in [-0.1, -0.05) is 0 Å². The van der Waals surface area contributed by atoms with E-state index in [1.165, 1.54) is 4.68 Å². The molecule has 0 radical (unpaired) electrons. The molecular weight excluding hydrogens is 242 g/mol. The summed E-state index contributed by atoms with van der Waals surface area (Å²) in [5.41, 5.74) is -0.788. The van der Waals surface area contributed by atoms with Crippen LogP contribution in [-0.4, -0.2) is 20.9 Å². The first kappa shape index (κ1) is 11.6. The average molecular weight is 256 g/mol. The Morgan fingerprint density at radius 1 is 1.50 bits per heavy atom. The minimum Gasteiger partial charge on any atom is -0.476 e. The third-order valence-electron chi connectivity index (χ3n) is 3.70. The molecule has 0 saturated heterocycles. The van der Waals surface area contributed by atoms with Crippen LogP contribution in [-0.2, 0) is 11.5 Å². The van der Waals surface area contributed by atoms with E-state index < -0.39 is 23.3 Å². The van der Waals surface area contributed by atoms with Crippen molar-refractivity contribution in [1.29, 1.82) is 0 Å². The Morgan fingerprint density at radius 2 is 2.11 bits per heavy atom. The Hall–Kier alpha value is -1.46. The summed E-state index contributed by atoms with van der Waals surface area (Å²) in [6, 6.07) is 0. The normalized spacial score (nSPS) is 27.8. The van der Waals surface area contributed by atoms with E-state index in [2.05, 4.69) is 5.10 Å². The maximum absolute atomic E-state index is 14.2. The van der Waals surface area contributed by atoms with Crippen LogP contribution in [0.1, 0.15) is 54.9 Å². The van der Waals surface area contributed by atoms with Crippen LogP contribution in [0.15, 0.2) is 0 Å². The summed E-state index contributed by atoms with van der Waals surface area (Å²) < 4.78 is 29.6. The predicted molar refractivity (Wildman–Crippen MR) is 58.9 cm³/mol. The second-order valence-corrected chi connectivity index (χ2v) is 6.07. The number of nitrogens with zero attached hydrogens (tertiary/aromatic N) is 2.